The lowest BCUT2D eigenvalue weighted by Crippen LogP contribution is -2.32. The van der Waals surface area contributed by atoms with Crippen molar-refractivity contribution >= 4 is 23.0 Å². The highest BCUT2D eigenvalue weighted by Gasteiger charge is 2.11. The molecule has 3 nitrogen and oxygen atoms in total. The number of halogens is 2. The van der Waals surface area contributed by atoms with Gasteiger partial charge in [-0.15, -0.1) is 0 Å². The van der Waals surface area contributed by atoms with E-state index in [9.17, 15) is 8.78 Å². The summed E-state index contributed by atoms with van der Waals surface area (Å²) in [6.45, 7) is 4.06. The standard InChI is InChI=1S/C14H19F2N3S/c15-11-5-3-6-12(16)13(11)18-14(20)17-7-4-10-19-8-1-2-9-19/h3,5-6H,1-2,4,7-10H2,(H2,17,18,20). The molecule has 6 heteroatoms. The van der Waals surface area contributed by atoms with Gasteiger partial charge in [-0.3, -0.25) is 0 Å². The second-order valence-electron chi connectivity index (χ2n) is 4.88. The van der Waals surface area contributed by atoms with Gasteiger partial charge in [-0.1, -0.05) is 6.07 Å². The van der Waals surface area contributed by atoms with Crippen LogP contribution in [0.1, 0.15) is 19.3 Å². The molecule has 20 heavy (non-hydrogen) atoms. The van der Waals surface area contributed by atoms with Gasteiger partial charge in [0.05, 0.1) is 0 Å². The van der Waals surface area contributed by atoms with Gasteiger partial charge in [-0.2, -0.15) is 0 Å². The van der Waals surface area contributed by atoms with Gasteiger partial charge in [0.25, 0.3) is 0 Å². The lowest BCUT2D eigenvalue weighted by molar-refractivity contribution is 0.334. The van der Waals surface area contributed by atoms with Gasteiger partial charge in [0, 0.05) is 6.54 Å². The van der Waals surface area contributed by atoms with Crippen molar-refractivity contribution in [2.75, 3.05) is 31.5 Å². The minimum absolute atomic E-state index is 0.204. The van der Waals surface area contributed by atoms with E-state index in [1.54, 1.807) is 0 Å². The van der Waals surface area contributed by atoms with Crippen LogP contribution in [0.3, 0.4) is 0 Å². The summed E-state index contributed by atoms with van der Waals surface area (Å²) in [6.07, 6.45) is 3.52. The predicted molar refractivity (Wildman–Crippen MR) is 80.9 cm³/mol. The number of likely N-dealkylation sites (tertiary alicyclic amines) is 1. The third kappa shape index (κ3) is 4.38. The Labute approximate surface area is 123 Å². The average Bonchev–Trinajstić information content (AvgIpc) is 2.92. The third-order valence-electron chi connectivity index (χ3n) is 3.34. The predicted octanol–water partition coefficient (Wildman–Crippen LogP) is 2.74. The Kier molecular flexibility index (Phi) is 5.67. The summed E-state index contributed by atoms with van der Waals surface area (Å²) in [6, 6.07) is 3.71. The number of hydrogen-bond donors (Lipinski definition) is 2. The van der Waals surface area contributed by atoms with Crippen LogP contribution < -0.4 is 10.6 Å². The fourth-order valence-electron chi connectivity index (χ4n) is 2.29. The molecule has 0 aliphatic carbocycles. The lowest BCUT2D eigenvalue weighted by atomic mass is 10.3. The molecule has 0 spiro atoms. The number of rotatable bonds is 5. The average molecular weight is 299 g/mol. The molecule has 2 rings (SSSR count). The molecule has 0 aromatic heterocycles. The molecule has 1 fully saturated rings. The highest BCUT2D eigenvalue weighted by molar-refractivity contribution is 7.80. The van der Waals surface area contributed by atoms with Gasteiger partial charge in [0.15, 0.2) is 5.11 Å². The van der Waals surface area contributed by atoms with E-state index >= 15 is 0 Å². The maximum atomic E-state index is 13.4. The lowest BCUT2D eigenvalue weighted by Gasteiger charge is -2.15. The fraction of sp³-hybridized carbons (Fsp3) is 0.500. The highest BCUT2D eigenvalue weighted by Crippen LogP contribution is 2.17. The zero-order valence-corrected chi connectivity index (χ0v) is 12.1. The molecular weight excluding hydrogens is 280 g/mol. The molecule has 0 radical (unpaired) electrons. The Morgan fingerprint density at radius 3 is 2.50 bits per heavy atom. The van der Waals surface area contributed by atoms with Crippen LogP contribution in [0.5, 0.6) is 0 Å². The zero-order chi connectivity index (χ0) is 14.4. The topological polar surface area (TPSA) is 27.3 Å². The van der Waals surface area contributed by atoms with Crippen molar-refractivity contribution in [1.82, 2.24) is 10.2 Å². The monoisotopic (exact) mass is 299 g/mol. The highest BCUT2D eigenvalue weighted by atomic mass is 32.1. The third-order valence-corrected chi connectivity index (χ3v) is 3.58. The van der Waals surface area contributed by atoms with E-state index in [1.807, 2.05) is 0 Å². The molecule has 1 aliphatic heterocycles. The van der Waals surface area contributed by atoms with Crippen LogP contribution in [0.4, 0.5) is 14.5 Å². The summed E-state index contributed by atoms with van der Waals surface area (Å²) >= 11 is 5.03. The van der Waals surface area contributed by atoms with Gasteiger partial charge in [-0.05, 0) is 63.2 Å². The fourth-order valence-corrected chi connectivity index (χ4v) is 2.49. The number of nitrogens with one attached hydrogen (secondary N) is 2. The van der Waals surface area contributed by atoms with E-state index in [2.05, 4.69) is 15.5 Å². The Balaban J connectivity index is 1.69. The van der Waals surface area contributed by atoms with Crippen molar-refractivity contribution in [3.05, 3.63) is 29.8 Å². The first-order valence-electron chi connectivity index (χ1n) is 6.88. The normalized spacial score (nSPS) is 15.3. The van der Waals surface area contributed by atoms with Crippen LogP contribution in [0.15, 0.2) is 18.2 Å². The van der Waals surface area contributed by atoms with Gasteiger partial charge >= 0.3 is 0 Å². The zero-order valence-electron chi connectivity index (χ0n) is 11.3. The summed E-state index contributed by atoms with van der Waals surface area (Å²) in [4.78, 5) is 2.41. The molecular formula is C14H19F2N3S. The molecule has 2 N–H and O–H groups in total. The minimum atomic E-state index is -0.647. The summed E-state index contributed by atoms with van der Waals surface area (Å²) in [5.41, 5.74) is -0.204. The molecule has 0 unspecified atom stereocenters. The van der Waals surface area contributed by atoms with Crippen molar-refractivity contribution in [1.29, 1.82) is 0 Å². The van der Waals surface area contributed by atoms with E-state index in [0.717, 1.165) is 13.0 Å². The largest absolute Gasteiger partial charge is 0.362 e. The molecule has 1 saturated heterocycles. The number of benzene rings is 1. The summed E-state index contributed by atoms with van der Waals surface area (Å²) in [5.74, 6) is -1.29. The summed E-state index contributed by atoms with van der Waals surface area (Å²) in [7, 11) is 0. The number of para-hydroxylation sites is 1. The van der Waals surface area contributed by atoms with Crippen molar-refractivity contribution < 1.29 is 8.78 Å². The first-order chi connectivity index (χ1) is 9.66. The second kappa shape index (κ2) is 7.50. The Morgan fingerprint density at radius 2 is 1.85 bits per heavy atom. The second-order valence-corrected chi connectivity index (χ2v) is 5.29. The molecule has 0 saturated carbocycles. The van der Waals surface area contributed by atoms with Crippen molar-refractivity contribution in [3.8, 4) is 0 Å². The molecule has 0 atom stereocenters. The van der Waals surface area contributed by atoms with Crippen molar-refractivity contribution in [2.45, 2.75) is 19.3 Å². The van der Waals surface area contributed by atoms with Gasteiger partial charge in [-0.25, -0.2) is 8.78 Å². The molecule has 1 heterocycles. The molecule has 1 aromatic rings. The Bertz CT molecular complexity index is 441. The van der Waals surface area contributed by atoms with E-state index in [4.69, 9.17) is 12.2 Å². The maximum Gasteiger partial charge on any atom is 0.170 e. The van der Waals surface area contributed by atoms with Gasteiger partial charge in [0.1, 0.15) is 17.3 Å². The van der Waals surface area contributed by atoms with Crippen LogP contribution in [0, 0.1) is 11.6 Å². The van der Waals surface area contributed by atoms with E-state index in [-0.39, 0.29) is 10.8 Å². The number of thiocarbonyl (C=S) groups is 1. The van der Waals surface area contributed by atoms with E-state index in [0.29, 0.717) is 6.54 Å². The van der Waals surface area contributed by atoms with Crippen LogP contribution >= 0.6 is 12.2 Å². The molecule has 1 aliphatic rings. The van der Waals surface area contributed by atoms with E-state index in [1.165, 1.54) is 44.1 Å². The van der Waals surface area contributed by atoms with Gasteiger partial charge < -0.3 is 15.5 Å². The molecule has 1 aromatic carbocycles. The molecule has 0 bridgehead atoms. The summed E-state index contributed by atoms with van der Waals surface area (Å²) < 4.78 is 26.8. The van der Waals surface area contributed by atoms with Crippen molar-refractivity contribution in [3.63, 3.8) is 0 Å². The van der Waals surface area contributed by atoms with Gasteiger partial charge in [0.2, 0.25) is 0 Å². The number of nitrogens with zero attached hydrogens (tertiary/aromatic N) is 1. The van der Waals surface area contributed by atoms with Crippen molar-refractivity contribution in [2.24, 2.45) is 0 Å². The summed E-state index contributed by atoms with van der Waals surface area (Å²) in [5, 5.41) is 5.78. The number of hydrogen-bond acceptors (Lipinski definition) is 2. The van der Waals surface area contributed by atoms with E-state index < -0.39 is 11.6 Å². The first kappa shape index (κ1) is 15.1. The Morgan fingerprint density at radius 1 is 1.20 bits per heavy atom. The van der Waals surface area contributed by atoms with Crippen LogP contribution in [-0.4, -0.2) is 36.2 Å². The quantitative estimate of drug-likeness (QED) is 0.646. The number of anilines is 1. The Hall–Kier alpha value is -1.27. The minimum Gasteiger partial charge on any atom is -0.362 e. The molecule has 110 valence electrons. The smallest absolute Gasteiger partial charge is 0.170 e. The molecule has 0 amide bonds. The van der Waals surface area contributed by atoms with Crippen LogP contribution in [0.25, 0.3) is 0 Å². The first-order valence-corrected chi connectivity index (χ1v) is 7.29. The van der Waals surface area contributed by atoms with Crippen LogP contribution in [0.2, 0.25) is 0 Å². The maximum absolute atomic E-state index is 13.4. The SMILES string of the molecule is Fc1cccc(F)c1NC(=S)NCCCN1CCCC1. The van der Waals surface area contributed by atoms with Crippen LogP contribution in [-0.2, 0) is 0 Å².